The number of carbonyl (C=O) groups is 2. The molecule has 214 valence electrons. The smallest absolute Gasteiger partial charge is 0.337 e. The van der Waals surface area contributed by atoms with E-state index in [1.807, 2.05) is 13.0 Å². The molecule has 1 aliphatic heterocycles. The van der Waals surface area contributed by atoms with Crippen molar-refractivity contribution in [2.45, 2.75) is 65.7 Å². The number of hydrogen-bond acceptors (Lipinski definition) is 7. The second kappa shape index (κ2) is 10.9. The van der Waals surface area contributed by atoms with Crippen LogP contribution in [0.4, 0.5) is 4.39 Å². The van der Waals surface area contributed by atoms with E-state index in [0.29, 0.717) is 41.2 Å². The molecule has 1 aromatic carbocycles. The highest BCUT2D eigenvalue weighted by molar-refractivity contribution is 5.93. The van der Waals surface area contributed by atoms with E-state index in [4.69, 9.17) is 9.47 Å². The zero-order valence-corrected chi connectivity index (χ0v) is 23.6. The molecular weight excluding hydrogens is 529 g/mol. The molecule has 5 rings (SSSR count). The number of carbonyl (C=O) groups excluding carboxylic acids is 1. The normalized spacial score (nSPS) is 13.9. The molecule has 1 atom stereocenters. The third-order valence-electron chi connectivity index (χ3n) is 6.89. The minimum atomic E-state index is -1.44. The molecule has 0 bridgehead atoms. The van der Waals surface area contributed by atoms with Crippen molar-refractivity contribution in [1.29, 1.82) is 0 Å². The van der Waals surface area contributed by atoms with Gasteiger partial charge in [0.15, 0.2) is 29.0 Å². The van der Waals surface area contributed by atoms with Gasteiger partial charge in [-0.15, -0.1) is 0 Å². The maximum atomic E-state index is 15.5. The van der Waals surface area contributed by atoms with Crippen LogP contribution in [-0.2, 0) is 22.5 Å². The second-order valence-corrected chi connectivity index (χ2v) is 11.0. The summed E-state index contributed by atoms with van der Waals surface area (Å²) in [6, 6.07) is 6.46. The van der Waals surface area contributed by atoms with Crippen molar-refractivity contribution in [1.82, 2.24) is 24.9 Å². The number of pyridine rings is 1. The number of halogens is 1. The Bertz CT molecular complexity index is 1650. The van der Waals surface area contributed by atoms with Crippen molar-refractivity contribution in [3.05, 3.63) is 76.1 Å². The summed E-state index contributed by atoms with van der Waals surface area (Å²) in [4.78, 5) is 34.4. The summed E-state index contributed by atoms with van der Waals surface area (Å²) in [5.41, 5.74) is 3.11. The van der Waals surface area contributed by atoms with Crippen molar-refractivity contribution < 1.29 is 28.6 Å². The Labute approximate surface area is 236 Å². The average Bonchev–Trinajstić information content (AvgIpc) is 3.35. The summed E-state index contributed by atoms with van der Waals surface area (Å²) in [6.07, 6.45) is 3.19. The lowest BCUT2D eigenvalue weighted by molar-refractivity contribution is -0.160. The number of carboxylic acids is 1. The zero-order chi connectivity index (χ0) is 29.5. The number of fused-ring (bicyclic) bond motifs is 2. The van der Waals surface area contributed by atoms with Gasteiger partial charge in [-0.1, -0.05) is 6.07 Å². The number of nitrogens with zero attached hydrogens (tertiary/aromatic N) is 4. The van der Waals surface area contributed by atoms with Crippen LogP contribution in [0.15, 0.2) is 36.7 Å². The highest BCUT2D eigenvalue weighted by atomic mass is 19.1. The van der Waals surface area contributed by atoms with E-state index in [0.717, 1.165) is 17.5 Å². The Morgan fingerprint density at radius 2 is 2.05 bits per heavy atom. The quantitative estimate of drug-likeness (QED) is 0.331. The number of carboxylic acid groups (broad SMARTS) is 1. The van der Waals surface area contributed by atoms with Crippen LogP contribution >= 0.6 is 0 Å². The van der Waals surface area contributed by atoms with Crippen LogP contribution in [0.5, 0.6) is 5.75 Å². The predicted molar refractivity (Wildman–Crippen MR) is 148 cm³/mol. The van der Waals surface area contributed by atoms with Gasteiger partial charge in [-0.05, 0) is 70.7 Å². The summed E-state index contributed by atoms with van der Waals surface area (Å²) in [5, 5.41) is 17.7. The standard InChI is InChI=1S/C30H32FN5O5/c1-16-19-9-7-11-40-26(19)21(31)12-20(16)25-24(27(29(38)39)41-30(3,4)5)17(2)34-23-13-22(35-36(23)25)28(37)33-15-18-8-6-10-32-14-18/h6,8,10,12-14,27H,7,9,11,15H2,1-5H3,(H,33,37)(H,38,39). The fourth-order valence-corrected chi connectivity index (χ4v) is 5.08. The Morgan fingerprint density at radius 1 is 1.27 bits per heavy atom. The first kappa shape index (κ1) is 28.2. The number of aromatic nitrogens is 4. The number of ether oxygens (including phenoxy) is 2. The van der Waals surface area contributed by atoms with Gasteiger partial charge >= 0.3 is 5.97 Å². The van der Waals surface area contributed by atoms with E-state index < -0.39 is 29.4 Å². The van der Waals surface area contributed by atoms with Gasteiger partial charge in [0.2, 0.25) is 0 Å². The molecule has 0 radical (unpaired) electrons. The van der Waals surface area contributed by atoms with Crippen LogP contribution in [0.3, 0.4) is 0 Å². The Hall–Kier alpha value is -4.38. The SMILES string of the molecule is Cc1nc2cc(C(=O)NCc3cccnc3)nn2c(-c2cc(F)c3c(c2C)CCCO3)c1C(OC(C)(C)C)C(=O)O. The monoisotopic (exact) mass is 561 g/mol. The molecule has 1 unspecified atom stereocenters. The molecule has 0 saturated carbocycles. The minimum absolute atomic E-state index is 0.0715. The third kappa shape index (κ3) is 5.62. The van der Waals surface area contributed by atoms with Crippen LogP contribution in [-0.4, -0.2) is 48.8 Å². The fraction of sp³-hybridized carbons (Fsp3) is 0.367. The van der Waals surface area contributed by atoms with Crippen LogP contribution in [0.1, 0.15) is 71.7 Å². The van der Waals surface area contributed by atoms with Crippen molar-refractivity contribution in [3.63, 3.8) is 0 Å². The zero-order valence-electron chi connectivity index (χ0n) is 23.6. The van der Waals surface area contributed by atoms with E-state index >= 15 is 4.39 Å². The molecule has 1 aliphatic rings. The molecule has 10 nitrogen and oxygen atoms in total. The van der Waals surface area contributed by atoms with Gasteiger partial charge in [0.25, 0.3) is 5.91 Å². The van der Waals surface area contributed by atoms with Crippen molar-refractivity contribution in [2.24, 2.45) is 0 Å². The van der Waals surface area contributed by atoms with Crippen LogP contribution < -0.4 is 10.1 Å². The van der Waals surface area contributed by atoms with E-state index in [2.05, 4.69) is 20.4 Å². The number of benzene rings is 1. The summed E-state index contributed by atoms with van der Waals surface area (Å²) < 4.78 is 28.5. The topological polar surface area (TPSA) is 128 Å². The average molecular weight is 562 g/mol. The predicted octanol–water partition coefficient (Wildman–Crippen LogP) is 4.74. The van der Waals surface area contributed by atoms with E-state index in [1.54, 1.807) is 46.2 Å². The number of aliphatic carboxylic acids is 1. The first-order valence-electron chi connectivity index (χ1n) is 13.4. The maximum Gasteiger partial charge on any atom is 0.337 e. The van der Waals surface area contributed by atoms with Crippen molar-refractivity contribution >= 4 is 17.5 Å². The van der Waals surface area contributed by atoms with Crippen molar-refractivity contribution in [3.8, 4) is 17.0 Å². The minimum Gasteiger partial charge on any atom is -0.490 e. The number of rotatable bonds is 7. The molecule has 41 heavy (non-hydrogen) atoms. The summed E-state index contributed by atoms with van der Waals surface area (Å²) in [6.45, 7) is 9.43. The van der Waals surface area contributed by atoms with Gasteiger partial charge < -0.3 is 19.9 Å². The highest BCUT2D eigenvalue weighted by Gasteiger charge is 2.34. The second-order valence-electron chi connectivity index (χ2n) is 11.0. The van der Waals surface area contributed by atoms with Gasteiger partial charge in [0.05, 0.1) is 17.9 Å². The Kier molecular flexibility index (Phi) is 7.48. The lowest BCUT2D eigenvalue weighted by Gasteiger charge is -2.28. The number of aryl methyl sites for hydroxylation is 1. The highest BCUT2D eigenvalue weighted by Crippen LogP contribution is 2.41. The molecule has 1 amide bonds. The lowest BCUT2D eigenvalue weighted by atomic mass is 9.91. The van der Waals surface area contributed by atoms with E-state index in [-0.39, 0.29) is 23.6 Å². The summed E-state index contributed by atoms with van der Waals surface area (Å²) in [7, 11) is 0. The molecule has 4 aromatic rings. The molecule has 0 aliphatic carbocycles. The van der Waals surface area contributed by atoms with Gasteiger partial charge in [-0.25, -0.2) is 18.7 Å². The molecular formula is C30H32FN5O5. The maximum absolute atomic E-state index is 15.5. The largest absolute Gasteiger partial charge is 0.490 e. The van der Waals surface area contributed by atoms with Crippen LogP contribution in [0.25, 0.3) is 16.9 Å². The Balaban J connectivity index is 1.72. The third-order valence-corrected chi connectivity index (χ3v) is 6.89. The molecule has 0 spiro atoms. The summed E-state index contributed by atoms with van der Waals surface area (Å²) in [5.74, 6) is -2.03. The van der Waals surface area contributed by atoms with Gasteiger partial charge in [0, 0.05) is 47.4 Å². The summed E-state index contributed by atoms with van der Waals surface area (Å²) >= 11 is 0. The number of amides is 1. The first-order valence-corrected chi connectivity index (χ1v) is 13.4. The molecule has 3 aromatic heterocycles. The van der Waals surface area contributed by atoms with Gasteiger partial charge in [0.1, 0.15) is 0 Å². The lowest BCUT2D eigenvalue weighted by Crippen LogP contribution is -2.29. The van der Waals surface area contributed by atoms with Crippen molar-refractivity contribution in [2.75, 3.05) is 6.61 Å². The van der Waals surface area contributed by atoms with Gasteiger partial charge in [-0.2, -0.15) is 5.10 Å². The molecule has 4 heterocycles. The Morgan fingerprint density at radius 3 is 2.73 bits per heavy atom. The van der Waals surface area contributed by atoms with Crippen LogP contribution in [0.2, 0.25) is 0 Å². The number of nitrogens with one attached hydrogen (secondary N) is 1. The number of hydrogen-bond donors (Lipinski definition) is 2. The fourth-order valence-electron chi connectivity index (χ4n) is 5.08. The first-order chi connectivity index (χ1) is 19.4. The van der Waals surface area contributed by atoms with Gasteiger partial charge in [-0.3, -0.25) is 9.78 Å². The van der Waals surface area contributed by atoms with E-state index in [1.165, 1.54) is 16.6 Å². The van der Waals surface area contributed by atoms with E-state index in [9.17, 15) is 14.7 Å². The molecule has 2 N–H and O–H groups in total. The molecule has 0 fully saturated rings. The molecule has 0 saturated heterocycles. The molecule has 11 heteroatoms. The van der Waals surface area contributed by atoms with Crippen LogP contribution in [0, 0.1) is 19.7 Å².